The second-order valence-electron chi connectivity index (χ2n) is 4.27. The number of ether oxygens (including phenoxy) is 1. The van der Waals surface area contributed by atoms with Crippen LogP contribution in [0, 0.1) is 5.82 Å². The molecule has 0 amide bonds. The molecule has 1 atom stereocenters. The van der Waals surface area contributed by atoms with Crippen LogP contribution in [0.25, 0.3) is 0 Å². The summed E-state index contributed by atoms with van der Waals surface area (Å²) >= 11 is 6.63. The Balaban J connectivity index is 2.34. The molecule has 2 rings (SSSR count). The van der Waals surface area contributed by atoms with E-state index in [0.717, 1.165) is 10.2 Å². The van der Waals surface area contributed by atoms with Crippen LogP contribution in [0.3, 0.4) is 0 Å². The van der Waals surface area contributed by atoms with Crippen molar-refractivity contribution >= 4 is 43.5 Å². The molecule has 0 aliphatic carbocycles. The van der Waals surface area contributed by atoms with E-state index in [4.69, 9.17) is 4.74 Å². The summed E-state index contributed by atoms with van der Waals surface area (Å²) in [6.45, 7) is 0. The van der Waals surface area contributed by atoms with Gasteiger partial charge in [0.1, 0.15) is 5.82 Å². The maximum absolute atomic E-state index is 13.2. The summed E-state index contributed by atoms with van der Waals surface area (Å²) in [5.74, 6) is -0.830. The number of carbonyl (C=O) groups excluding carboxylic acids is 1. The van der Waals surface area contributed by atoms with Crippen LogP contribution >= 0.6 is 31.9 Å². The molecule has 0 saturated carbocycles. The highest BCUT2D eigenvalue weighted by Crippen LogP contribution is 2.28. The molecule has 110 valence electrons. The fraction of sp³-hybridized carbons (Fsp3) is 0.133. The average Bonchev–Trinajstić information content (AvgIpc) is 2.47. The van der Waals surface area contributed by atoms with Gasteiger partial charge in [0, 0.05) is 14.6 Å². The quantitative estimate of drug-likeness (QED) is 0.735. The van der Waals surface area contributed by atoms with Gasteiger partial charge >= 0.3 is 5.97 Å². The minimum atomic E-state index is -0.730. The molecule has 0 spiro atoms. The van der Waals surface area contributed by atoms with Gasteiger partial charge in [-0.15, -0.1) is 0 Å². The van der Waals surface area contributed by atoms with E-state index >= 15 is 0 Å². The topological polar surface area (TPSA) is 38.3 Å². The normalized spacial score (nSPS) is 11.8. The van der Waals surface area contributed by atoms with E-state index in [-0.39, 0.29) is 5.82 Å². The Kier molecular flexibility index (Phi) is 5.36. The molecule has 3 nitrogen and oxygen atoms in total. The van der Waals surface area contributed by atoms with E-state index in [2.05, 4.69) is 37.2 Å². The minimum Gasteiger partial charge on any atom is -0.467 e. The molecule has 0 radical (unpaired) electrons. The first-order valence-corrected chi connectivity index (χ1v) is 7.64. The van der Waals surface area contributed by atoms with E-state index in [1.807, 2.05) is 24.3 Å². The Morgan fingerprint density at radius 3 is 2.43 bits per heavy atom. The first-order chi connectivity index (χ1) is 10.0. The molecular formula is C15H12Br2FNO2. The summed E-state index contributed by atoms with van der Waals surface area (Å²) in [6.07, 6.45) is 0. The van der Waals surface area contributed by atoms with E-state index in [1.54, 1.807) is 6.07 Å². The highest BCUT2D eigenvalue weighted by atomic mass is 79.9. The number of carbonyl (C=O) groups is 1. The van der Waals surface area contributed by atoms with Gasteiger partial charge in [-0.25, -0.2) is 9.18 Å². The van der Waals surface area contributed by atoms with Gasteiger partial charge in [-0.05, 0) is 42.0 Å². The predicted molar refractivity (Wildman–Crippen MR) is 86.6 cm³/mol. The highest BCUT2D eigenvalue weighted by molar-refractivity contribution is 9.10. The van der Waals surface area contributed by atoms with Crippen molar-refractivity contribution < 1.29 is 13.9 Å². The van der Waals surface area contributed by atoms with Crippen LogP contribution in [0.2, 0.25) is 0 Å². The fourth-order valence-corrected chi connectivity index (χ4v) is 2.67. The van der Waals surface area contributed by atoms with Crippen LogP contribution < -0.4 is 5.32 Å². The van der Waals surface area contributed by atoms with Crippen LogP contribution in [0.4, 0.5) is 10.1 Å². The molecular weight excluding hydrogens is 405 g/mol. The van der Waals surface area contributed by atoms with Crippen molar-refractivity contribution in [2.24, 2.45) is 0 Å². The maximum Gasteiger partial charge on any atom is 0.333 e. The van der Waals surface area contributed by atoms with Gasteiger partial charge in [-0.2, -0.15) is 0 Å². The molecule has 0 aromatic heterocycles. The Labute approximate surface area is 138 Å². The van der Waals surface area contributed by atoms with Crippen LogP contribution in [-0.2, 0) is 9.53 Å². The van der Waals surface area contributed by atoms with Gasteiger partial charge in [0.25, 0.3) is 0 Å². The van der Waals surface area contributed by atoms with E-state index in [0.29, 0.717) is 10.0 Å². The van der Waals surface area contributed by atoms with Gasteiger partial charge in [-0.3, -0.25) is 0 Å². The summed E-state index contributed by atoms with van der Waals surface area (Å²) in [6, 6.07) is 10.8. The number of anilines is 1. The Hall–Kier alpha value is -1.40. The van der Waals surface area contributed by atoms with Crippen molar-refractivity contribution in [1.29, 1.82) is 0 Å². The first kappa shape index (κ1) is 16.0. The van der Waals surface area contributed by atoms with Gasteiger partial charge in [0.15, 0.2) is 6.04 Å². The zero-order chi connectivity index (χ0) is 15.4. The van der Waals surface area contributed by atoms with Crippen molar-refractivity contribution in [3.63, 3.8) is 0 Å². The van der Waals surface area contributed by atoms with Gasteiger partial charge in [-0.1, -0.05) is 37.9 Å². The average molecular weight is 417 g/mol. The number of nitrogens with one attached hydrogen (secondary N) is 1. The second kappa shape index (κ2) is 7.04. The molecule has 2 aromatic rings. The Morgan fingerprint density at radius 1 is 1.19 bits per heavy atom. The number of methoxy groups -OCH3 is 1. The summed E-state index contributed by atoms with van der Waals surface area (Å²) in [5.41, 5.74) is 1.36. The number of halogens is 3. The maximum atomic E-state index is 13.2. The standard InChI is InChI=1S/C15H12Br2FNO2/c1-21-15(20)14(12-7-4-10(18)8-13(12)17)19-11-5-2-9(16)3-6-11/h2-8,14,19H,1H3. The number of rotatable bonds is 4. The van der Waals surface area contributed by atoms with Gasteiger partial charge in [0.2, 0.25) is 0 Å². The van der Waals surface area contributed by atoms with E-state index in [9.17, 15) is 9.18 Å². The molecule has 0 bridgehead atoms. The monoisotopic (exact) mass is 415 g/mol. The van der Waals surface area contributed by atoms with Gasteiger partial charge < -0.3 is 10.1 Å². The van der Waals surface area contributed by atoms with Crippen molar-refractivity contribution in [1.82, 2.24) is 0 Å². The second-order valence-corrected chi connectivity index (χ2v) is 6.04. The Morgan fingerprint density at radius 2 is 1.86 bits per heavy atom. The van der Waals surface area contributed by atoms with Crippen LogP contribution in [-0.4, -0.2) is 13.1 Å². The molecule has 1 N–H and O–H groups in total. The summed E-state index contributed by atoms with van der Waals surface area (Å²) in [5, 5.41) is 3.09. The van der Waals surface area contributed by atoms with Crippen LogP contribution in [0.5, 0.6) is 0 Å². The molecule has 2 aromatic carbocycles. The van der Waals surface area contributed by atoms with Crippen LogP contribution in [0.1, 0.15) is 11.6 Å². The lowest BCUT2D eigenvalue weighted by molar-refractivity contribution is -0.141. The third-order valence-corrected chi connectivity index (χ3v) is 4.08. The lowest BCUT2D eigenvalue weighted by Crippen LogP contribution is -2.22. The lowest BCUT2D eigenvalue weighted by Gasteiger charge is -2.19. The molecule has 0 heterocycles. The number of esters is 1. The zero-order valence-corrected chi connectivity index (χ0v) is 14.2. The molecule has 0 aliphatic heterocycles. The number of benzene rings is 2. The van der Waals surface area contributed by atoms with Crippen molar-refractivity contribution in [2.45, 2.75) is 6.04 Å². The highest BCUT2D eigenvalue weighted by Gasteiger charge is 2.23. The van der Waals surface area contributed by atoms with E-state index in [1.165, 1.54) is 19.2 Å². The summed E-state index contributed by atoms with van der Waals surface area (Å²) in [4.78, 5) is 12.0. The van der Waals surface area contributed by atoms with Gasteiger partial charge in [0.05, 0.1) is 7.11 Å². The zero-order valence-electron chi connectivity index (χ0n) is 11.1. The minimum absolute atomic E-state index is 0.377. The Bertz CT molecular complexity index is 647. The molecule has 6 heteroatoms. The molecule has 0 saturated heterocycles. The first-order valence-electron chi connectivity index (χ1n) is 6.06. The third-order valence-electron chi connectivity index (χ3n) is 2.87. The van der Waals surface area contributed by atoms with Crippen molar-refractivity contribution in [3.05, 3.63) is 62.8 Å². The smallest absolute Gasteiger partial charge is 0.333 e. The van der Waals surface area contributed by atoms with Crippen molar-refractivity contribution in [2.75, 3.05) is 12.4 Å². The summed E-state index contributed by atoms with van der Waals surface area (Å²) in [7, 11) is 1.32. The predicted octanol–water partition coefficient (Wildman–Crippen LogP) is 4.68. The molecule has 21 heavy (non-hydrogen) atoms. The van der Waals surface area contributed by atoms with Crippen LogP contribution in [0.15, 0.2) is 51.4 Å². The van der Waals surface area contributed by atoms with Crippen molar-refractivity contribution in [3.8, 4) is 0 Å². The lowest BCUT2D eigenvalue weighted by atomic mass is 10.1. The van der Waals surface area contributed by atoms with E-state index < -0.39 is 12.0 Å². The largest absolute Gasteiger partial charge is 0.467 e. The number of hydrogen-bond acceptors (Lipinski definition) is 3. The molecule has 0 fully saturated rings. The fourth-order valence-electron chi connectivity index (χ4n) is 1.83. The third kappa shape index (κ3) is 4.04. The number of hydrogen-bond donors (Lipinski definition) is 1. The SMILES string of the molecule is COC(=O)C(Nc1ccc(Br)cc1)c1ccc(F)cc1Br. The molecule has 1 unspecified atom stereocenters. The summed E-state index contributed by atoms with van der Waals surface area (Å²) < 4.78 is 19.5. The molecule has 0 aliphatic rings.